The lowest BCUT2D eigenvalue weighted by molar-refractivity contribution is -0.114. The Hall–Kier alpha value is -3.44. The fourth-order valence-corrected chi connectivity index (χ4v) is 4.91. The van der Waals surface area contributed by atoms with Gasteiger partial charge in [-0.3, -0.25) is 4.79 Å². The number of para-hydroxylation sites is 2. The van der Waals surface area contributed by atoms with Crippen LogP contribution in [0.15, 0.2) is 78.9 Å². The fraction of sp³-hybridized carbons (Fsp3) is 0.286. The van der Waals surface area contributed by atoms with Gasteiger partial charge in [-0.25, -0.2) is 4.98 Å². The van der Waals surface area contributed by atoms with Crippen molar-refractivity contribution in [2.75, 3.05) is 25.0 Å². The number of aromatic nitrogens is 2. The highest BCUT2D eigenvalue weighted by Gasteiger charge is 2.21. The van der Waals surface area contributed by atoms with Crippen molar-refractivity contribution >= 4 is 22.6 Å². The standard InChI is InChI=1S/C28H30N4O/c1-21(33)29-25-11-7-10-24(20-25)22-14-16-31(17-15-22)18-19-32-27-13-6-5-12-26(27)30-28(32)23-8-3-2-4-9-23/h2-13,20,22H,14-19H2,1H3,(H,29,33). The number of nitrogens with one attached hydrogen (secondary N) is 1. The summed E-state index contributed by atoms with van der Waals surface area (Å²) in [6.45, 7) is 5.66. The van der Waals surface area contributed by atoms with Crippen LogP contribution in [0, 0.1) is 0 Å². The average Bonchev–Trinajstić information content (AvgIpc) is 3.22. The lowest BCUT2D eigenvalue weighted by Crippen LogP contribution is -2.35. The van der Waals surface area contributed by atoms with Crippen LogP contribution in [0.4, 0.5) is 5.69 Å². The number of nitrogens with zero attached hydrogens (tertiary/aromatic N) is 3. The molecule has 0 spiro atoms. The zero-order valence-electron chi connectivity index (χ0n) is 19.1. The number of rotatable bonds is 6. The van der Waals surface area contributed by atoms with Crippen LogP contribution in [-0.2, 0) is 11.3 Å². The van der Waals surface area contributed by atoms with Crippen molar-refractivity contribution < 1.29 is 4.79 Å². The van der Waals surface area contributed by atoms with E-state index in [4.69, 9.17) is 4.98 Å². The van der Waals surface area contributed by atoms with E-state index in [2.05, 4.69) is 75.4 Å². The van der Waals surface area contributed by atoms with Gasteiger partial charge in [0.1, 0.15) is 5.82 Å². The van der Waals surface area contributed by atoms with Gasteiger partial charge in [-0.05, 0) is 61.7 Å². The van der Waals surface area contributed by atoms with Crippen LogP contribution in [0.1, 0.15) is 31.2 Å². The summed E-state index contributed by atoms with van der Waals surface area (Å²) in [7, 11) is 0. The van der Waals surface area contributed by atoms with Crippen molar-refractivity contribution in [2.45, 2.75) is 32.2 Å². The minimum atomic E-state index is -0.0242. The molecular formula is C28H30N4O. The van der Waals surface area contributed by atoms with Gasteiger partial charge in [-0.1, -0.05) is 54.6 Å². The van der Waals surface area contributed by atoms with E-state index in [1.54, 1.807) is 6.92 Å². The van der Waals surface area contributed by atoms with Gasteiger partial charge < -0.3 is 14.8 Å². The van der Waals surface area contributed by atoms with E-state index in [0.29, 0.717) is 5.92 Å². The highest BCUT2D eigenvalue weighted by atomic mass is 16.1. The van der Waals surface area contributed by atoms with Crippen molar-refractivity contribution in [1.82, 2.24) is 14.5 Å². The number of piperidine rings is 1. The molecule has 1 N–H and O–H groups in total. The molecule has 1 aliphatic heterocycles. The predicted molar refractivity (Wildman–Crippen MR) is 134 cm³/mol. The number of carbonyl (C=O) groups is 1. The van der Waals surface area contributed by atoms with Gasteiger partial charge in [-0.15, -0.1) is 0 Å². The molecule has 1 aliphatic rings. The van der Waals surface area contributed by atoms with Crippen LogP contribution in [0.25, 0.3) is 22.4 Å². The summed E-state index contributed by atoms with van der Waals surface area (Å²) in [5.74, 6) is 1.56. The monoisotopic (exact) mass is 438 g/mol. The van der Waals surface area contributed by atoms with E-state index in [9.17, 15) is 4.79 Å². The van der Waals surface area contributed by atoms with Gasteiger partial charge >= 0.3 is 0 Å². The van der Waals surface area contributed by atoms with Gasteiger partial charge in [0.05, 0.1) is 11.0 Å². The summed E-state index contributed by atoms with van der Waals surface area (Å²) < 4.78 is 2.37. The third-order valence-corrected chi connectivity index (χ3v) is 6.59. The van der Waals surface area contributed by atoms with Gasteiger partial charge in [0.25, 0.3) is 0 Å². The molecule has 4 aromatic rings. The third-order valence-electron chi connectivity index (χ3n) is 6.59. The van der Waals surface area contributed by atoms with Crippen molar-refractivity contribution in [3.05, 3.63) is 84.4 Å². The number of anilines is 1. The maximum absolute atomic E-state index is 11.4. The minimum absolute atomic E-state index is 0.0242. The van der Waals surface area contributed by atoms with E-state index in [-0.39, 0.29) is 5.91 Å². The number of hydrogen-bond acceptors (Lipinski definition) is 3. The fourth-order valence-electron chi connectivity index (χ4n) is 4.91. The number of hydrogen-bond donors (Lipinski definition) is 1. The quantitative estimate of drug-likeness (QED) is 0.430. The number of imidazole rings is 1. The zero-order valence-corrected chi connectivity index (χ0v) is 19.1. The molecule has 0 atom stereocenters. The van der Waals surface area contributed by atoms with Crippen molar-refractivity contribution in [3.8, 4) is 11.4 Å². The van der Waals surface area contributed by atoms with Crippen LogP contribution < -0.4 is 5.32 Å². The molecule has 0 bridgehead atoms. The van der Waals surface area contributed by atoms with Crippen molar-refractivity contribution in [3.63, 3.8) is 0 Å². The third kappa shape index (κ3) is 4.83. The largest absolute Gasteiger partial charge is 0.326 e. The first kappa shape index (κ1) is 21.4. The second kappa shape index (κ2) is 9.59. The van der Waals surface area contributed by atoms with Crippen LogP contribution >= 0.6 is 0 Å². The maximum atomic E-state index is 11.4. The van der Waals surface area contributed by atoms with E-state index >= 15 is 0 Å². The number of amides is 1. The van der Waals surface area contributed by atoms with E-state index in [1.165, 1.54) is 11.1 Å². The molecule has 1 saturated heterocycles. The predicted octanol–water partition coefficient (Wildman–Crippen LogP) is 5.54. The molecule has 0 unspecified atom stereocenters. The summed E-state index contributed by atoms with van der Waals surface area (Å²) in [6, 6.07) is 27.2. The Balaban J connectivity index is 1.26. The Morgan fingerprint density at radius 3 is 2.48 bits per heavy atom. The van der Waals surface area contributed by atoms with Gasteiger partial charge in [0.15, 0.2) is 0 Å². The Kier molecular flexibility index (Phi) is 6.22. The van der Waals surface area contributed by atoms with Gasteiger partial charge in [-0.2, -0.15) is 0 Å². The van der Waals surface area contributed by atoms with Crippen LogP contribution in [-0.4, -0.2) is 40.0 Å². The SMILES string of the molecule is CC(=O)Nc1cccc(C2CCN(CCn3c(-c4ccccc4)nc4ccccc43)CC2)c1. The van der Waals surface area contributed by atoms with Crippen LogP contribution in [0.5, 0.6) is 0 Å². The first-order valence-corrected chi connectivity index (χ1v) is 11.8. The lowest BCUT2D eigenvalue weighted by Gasteiger charge is -2.32. The molecule has 0 aliphatic carbocycles. The molecule has 1 fully saturated rings. The lowest BCUT2D eigenvalue weighted by atomic mass is 9.89. The molecule has 1 aromatic heterocycles. The molecule has 3 aromatic carbocycles. The topological polar surface area (TPSA) is 50.2 Å². The number of fused-ring (bicyclic) bond motifs is 1. The van der Waals surface area contributed by atoms with Gasteiger partial charge in [0.2, 0.25) is 5.91 Å². The summed E-state index contributed by atoms with van der Waals surface area (Å²) >= 11 is 0. The molecule has 2 heterocycles. The van der Waals surface area contributed by atoms with Crippen LogP contribution in [0.3, 0.4) is 0 Å². The first-order valence-electron chi connectivity index (χ1n) is 11.8. The second-order valence-electron chi connectivity index (χ2n) is 8.86. The van der Waals surface area contributed by atoms with E-state index in [0.717, 1.165) is 61.6 Å². The highest BCUT2D eigenvalue weighted by Crippen LogP contribution is 2.30. The smallest absolute Gasteiger partial charge is 0.221 e. The molecule has 5 nitrogen and oxygen atoms in total. The average molecular weight is 439 g/mol. The van der Waals surface area contributed by atoms with E-state index < -0.39 is 0 Å². The Labute approximate surface area is 195 Å². The summed E-state index contributed by atoms with van der Waals surface area (Å²) in [4.78, 5) is 18.9. The van der Waals surface area contributed by atoms with Crippen LogP contribution in [0.2, 0.25) is 0 Å². The van der Waals surface area contributed by atoms with Crippen molar-refractivity contribution in [1.29, 1.82) is 0 Å². The molecule has 5 rings (SSSR count). The molecular weight excluding hydrogens is 408 g/mol. The number of likely N-dealkylation sites (tertiary alicyclic amines) is 1. The first-order chi connectivity index (χ1) is 16.2. The highest BCUT2D eigenvalue weighted by molar-refractivity contribution is 5.88. The number of carbonyl (C=O) groups excluding carboxylic acids is 1. The molecule has 0 radical (unpaired) electrons. The summed E-state index contributed by atoms with van der Waals surface area (Å²) in [6.07, 6.45) is 2.28. The second-order valence-corrected chi connectivity index (χ2v) is 8.86. The summed E-state index contributed by atoms with van der Waals surface area (Å²) in [5.41, 5.74) is 5.62. The number of benzene rings is 3. The maximum Gasteiger partial charge on any atom is 0.221 e. The Morgan fingerprint density at radius 2 is 1.70 bits per heavy atom. The molecule has 5 heteroatoms. The Morgan fingerprint density at radius 1 is 0.939 bits per heavy atom. The minimum Gasteiger partial charge on any atom is -0.326 e. The zero-order chi connectivity index (χ0) is 22.6. The molecule has 168 valence electrons. The van der Waals surface area contributed by atoms with Gasteiger partial charge in [0, 0.05) is 31.3 Å². The molecule has 1 amide bonds. The molecule has 0 saturated carbocycles. The molecule has 33 heavy (non-hydrogen) atoms. The Bertz CT molecular complexity index is 1240. The normalized spacial score (nSPS) is 15.1. The van der Waals surface area contributed by atoms with Crippen molar-refractivity contribution in [2.24, 2.45) is 0 Å². The summed E-state index contributed by atoms with van der Waals surface area (Å²) in [5, 5.41) is 2.90. The van der Waals surface area contributed by atoms with E-state index in [1.807, 2.05) is 18.2 Å².